The van der Waals surface area contributed by atoms with Gasteiger partial charge in [0.15, 0.2) is 5.96 Å². The van der Waals surface area contributed by atoms with Gasteiger partial charge >= 0.3 is 0 Å². The molecule has 3 rings (SSSR count). The van der Waals surface area contributed by atoms with E-state index in [1.165, 1.54) is 0 Å². The minimum Gasteiger partial charge on any atom is -0.370 e. The first-order valence-electron chi connectivity index (χ1n) is 5.79. The highest BCUT2D eigenvalue weighted by Gasteiger charge is 2.09. The molecule has 1 amide bonds. The van der Waals surface area contributed by atoms with Crippen LogP contribution >= 0.6 is 0 Å². The number of fused-ring (bicyclic) bond motifs is 3. The molecule has 0 radical (unpaired) electrons. The summed E-state index contributed by atoms with van der Waals surface area (Å²) in [5, 5.41) is 2.05. The molecule has 94 valence electrons. The number of aromatic amines is 1. The van der Waals surface area contributed by atoms with Crippen molar-refractivity contribution in [3.05, 3.63) is 48.0 Å². The first-order chi connectivity index (χ1) is 9.15. The molecule has 0 atom stereocenters. The van der Waals surface area contributed by atoms with E-state index in [0.29, 0.717) is 5.56 Å². The fraction of sp³-hybridized carbons (Fsp3) is 0. The molecule has 5 heteroatoms. The molecular formula is C14H12N4O. The second kappa shape index (κ2) is 4.13. The summed E-state index contributed by atoms with van der Waals surface area (Å²) in [7, 11) is 0. The van der Waals surface area contributed by atoms with E-state index in [4.69, 9.17) is 11.5 Å². The summed E-state index contributed by atoms with van der Waals surface area (Å²) in [6.07, 6.45) is 0. The number of nitrogens with two attached hydrogens (primary N) is 2. The fourth-order valence-electron chi connectivity index (χ4n) is 2.16. The smallest absolute Gasteiger partial charge is 0.280 e. The zero-order valence-electron chi connectivity index (χ0n) is 10.1. The number of hydrogen-bond acceptors (Lipinski definition) is 1. The number of guanidine groups is 1. The van der Waals surface area contributed by atoms with E-state index in [0.717, 1.165) is 21.8 Å². The van der Waals surface area contributed by atoms with E-state index in [2.05, 4.69) is 9.98 Å². The van der Waals surface area contributed by atoms with Crippen LogP contribution < -0.4 is 11.5 Å². The Bertz CT molecular complexity index is 813. The SMILES string of the molecule is NC(N)=NC(=O)c1ccc2[nH]c3ccccc3c2c1. The maximum Gasteiger partial charge on any atom is 0.280 e. The number of amides is 1. The van der Waals surface area contributed by atoms with Crippen molar-refractivity contribution in [1.29, 1.82) is 0 Å². The third-order valence-electron chi connectivity index (χ3n) is 2.98. The molecule has 0 unspecified atom stereocenters. The number of rotatable bonds is 1. The highest BCUT2D eigenvalue weighted by atomic mass is 16.1. The van der Waals surface area contributed by atoms with Crippen LogP contribution in [0.15, 0.2) is 47.5 Å². The molecule has 0 aliphatic heterocycles. The average molecular weight is 252 g/mol. The van der Waals surface area contributed by atoms with Crippen molar-refractivity contribution in [2.24, 2.45) is 16.5 Å². The van der Waals surface area contributed by atoms with E-state index in [9.17, 15) is 4.79 Å². The molecule has 0 fully saturated rings. The Morgan fingerprint density at radius 3 is 2.53 bits per heavy atom. The maximum absolute atomic E-state index is 11.8. The Kier molecular flexibility index (Phi) is 2.45. The Balaban J connectivity index is 2.22. The third kappa shape index (κ3) is 1.91. The molecule has 0 saturated heterocycles. The van der Waals surface area contributed by atoms with Gasteiger partial charge in [0.05, 0.1) is 0 Å². The molecule has 1 heterocycles. The summed E-state index contributed by atoms with van der Waals surface area (Å²) >= 11 is 0. The van der Waals surface area contributed by atoms with Crippen molar-refractivity contribution in [3.63, 3.8) is 0 Å². The normalized spacial score (nSPS) is 10.7. The van der Waals surface area contributed by atoms with Gasteiger partial charge in [0.1, 0.15) is 0 Å². The molecule has 0 spiro atoms. The van der Waals surface area contributed by atoms with Gasteiger partial charge in [-0.15, -0.1) is 0 Å². The fourth-order valence-corrected chi connectivity index (χ4v) is 2.16. The molecule has 0 aliphatic carbocycles. The number of aliphatic imine (C=N–C) groups is 1. The average Bonchev–Trinajstić information content (AvgIpc) is 2.75. The van der Waals surface area contributed by atoms with Crippen LogP contribution in [0, 0.1) is 0 Å². The number of nitrogens with zero attached hydrogens (tertiary/aromatic N) is 1. The van der Waals surface area contributed by atoms with Crippen LogP contribution in [-0.4, -0.2) is 16.9 Å². The molecule has 0 saturated carbocycles. The molecule has 19 heavy (non-hydrogen) atoms. The van der Waals surface area contributed by atoms with E-state index in [1.54, 1.807) is 12.1 Å². The van der Waals surface area contributed by atoms with Gasteiger partial charge in [-0.3, -0.25) is 4.79 Å². The summed E-state index contributed by atoms with van der Waals surface area (Å²) in [4.78, 5) is 18.6. The minimum absolute atomic E-state index is 0.232. The highest BCUT2D eigenvalue weighted by molar-refractivity contribution is 6.11. The predicted molar refractivity (Wildman–Crippen MR) is 75.9 cm³/mol. The van der Waals surface area contributed by atoms with Crippen molar-refractivity contribution in [2.45, 2.75) is 0 Å². The lowest BCUT2D eigenvalue weighted by atomic mass is 10.1. The summed E-state index contributed by atoms with van der Waals surface area (Å²) in [6.45, 7) is 0. The minimum atomic E-state index is -0.438. The molecule has 5 N–H and O–H groups in total. The first kappa shape index (κ1) is 11.3. The van der Waals surface area contributed by atoms with E-state index in [1.807, 2.05) is 30.3 Å². The van der Waals surface area contributed by atoms with Gasteiger partial charge in [-0.1, -0.05) is 18.2 Å². The van der Waals surface area contributed by atoms with E-state index in [-0.39, 0.29) is 5.96 Å². The molecule has 0 bridgehead atoms. The first-order valence-corrected chi connectivity index (χ1v) is 5.79. The summed E-state index contributed by atoms with van der Waals surface area (Å²) in [5.74, 6) is -0.670. The number of carbonyl (C=O) groups excluding carboxylic acids is 1. The van der Waals surface area contributed by atoms with Crippen LogP contribution in [-0.2, 0) is 0 Å². The van der Waals surface area contributed by atoms with Crippen molar-refractivity contribution >= 4 is 33.7 Å². The number of hydrogen-bond donors (Lipinski definition) is 3. The standard InChI is InChI=1S/C14H12N4O/c15-14(16)18-13(19)8-5-6-12-10(7-8)9-3-1-2-4-11(9)17-12/h1-7,17H,(H4,15,16,18,19). The van der Waals surface area contributed by atoms with Gasteiger partial charge in [-0.2, -0.15) is 4.99 Å². The zero-order valence-corrected chi connectivity index (χ0v) is 10.1. The van der Waals surface area contributed by atoms with Gasteiger partial charge in [0, 0.05) is 27.4 Å². The molecule has 0 aliphatic rings. The van der Waals surface area contributed by atoms with Gasteiger partial charge in [-0.25, -0.2) is 0 Å². The molecule has 2 aromatic carbocycles. The second-order valence-electron chi connectivity index (χ2n) is 4.27. The van der Waals surface area contributed by atoms with Gasteiger partial charge in [0.25, 0.3) is 5.91 Å². The molecule has 1 aromatic heterocycles. The summed E-state index contributed by atoms with van der Waals surface area (Å²) in [5.41, 5.74) is 12.9. The van der Waals surface area contributed by atoms with Crippen LogP contribution in [0.2, 0.25) is 0 Å². The predicted octanol–water partition coefficient (Wildman–Crippen LogP) is 1.73. The number of nitrogens with one attached hydrogen (secondary N) is 1. The third-order valence-corrected chi connectivity index (χ3v) is 2.98. The van der Waals surface area contributed by atoms with E-state index < -0.39 is 5.91 Å². The monoisotopic (exact) mass is 252 g/mol. The summed E-state index contributed by atoms with van der Waals surface area (Å²) < 4.78 is 0. The number of aromatic nitrogens is 1. The molecule has 5 nitrogen and oxygen atoms in total. The lowest BCUT2D eigenvalue weighted by Crippen LogP contribution is -2.24. The van der Waals surface area contributed by atoms with Crippen LogP contribution in [0.1, 0.15) is 10.4 Å². The Morgan fingerprint density at radius 2 is 1.74 bits per heavy atom. The Morgan fingerprint density at radius 1 is 1.00 bits per heavy atom. The Labute approximate surface area is 108 Å². The quantitative estimate of drug-likeness (QED) is 0.454. The number of para-hydroxylation sites is 1. The van der Waals surface area contributed by atoms with Crippen molar-refractivity contribution < 1.29 is 4.79 Å². The lowest BCUT2D eigenvalue weighted by Gasteiger charge is -1.97. The van der Waals surface area contributed by atoms with Crippen LogP contribution in [0.5, 0.6) is 0 Å². The molecule has 3 aromatic rings. The summed E-state index contributed by atoms with van der Waals surface area (Å²) in [6, 6.07) is 13.3. The number of H-pyrrole nitrogens is 1. The largest absolute Gasteiger partial charge is 0.370 e. The van der Waals surface area contributed by atoms with Crippen molar-refractivity contribution in [2.75, 3.05) is 0 Å². The number of carbonyl (C=O) groups is 1. The van der Waals surface area contributed by atoms with Crippen LogP contribution in [0.4, 0.5) is 0 Å². The van der Waals surface area contributed by atoms with Crippen molar-refractivity contribution in [1.82, 2.24) is 4.98 Å². The molecular weight excluding hydrogens is 240 g/mol. The highest BCUT2D eigenvalue weighted by Crippen LogP contribution is 2.26. The van der Waals surface area contributed by atoms with Gasteiger partial charge in [-0.05, 0) is 24.3 Å². The van der Waals surface area contributed by atoms with Gasteiger partial charge < -0.3 is 16.5 Å². The zero-order chi connectivity index (χ0) is 13.4. The number of benzene rings is 2. The second-order valence-corrected chi connectivity index (χ2v) is 4.27. The van der Waals surface area contributed by atoms with Crippen molar-refractivity contribution in [3.8, 4) is 0 Å². The van der Waals surface area contributed by atoms with Gasteiger partial charge in [0.2, 0.25) is 0 Å². The Hall–Kier alpha value is -2.82. The maximum atomic E-state index is 11.8. The van der Waals surface area contributed by atoms with Crippen LogP contribution in [0.3, 0.4) is 0 Å². The van der Waals surface area contributed by atoms with Crippen LogP contribution in [0.25, 0.3) is 21.8 Å². The topological polar surface area (TPSA) is 97.3 Å². The lowest BCUT2D eigenvalue weighted by molar-refractivity contribution is 0.100. The van der Waals surface area contributed by atoms with E-state index >= 15 is 0 Å².